The maximum Gasteiger partial charge on any atom is 0.0779 e. The number of nitrogens with zero attached hydrogens (tertiary/aromatic N) is 1. The Bertz CT molecular complexity index is 741. The lowest BCUT2D eigenvalue weighted by Gasteiger charge is -2.42. The number of rotatable bonds is 4. The van der Waals surface area contributed by atoms with Crippen molar-refractivity contribution in [3.63, 3.8) is 0 Å². The monoisotopic (exact) mass is 479 g/mol. The molecule has 1 aliphatic carbocycles. The Kier molecular flexibility index (Phi) is 6.11. The molecule has 0 N–H and O–H groups in total. The van der Waals surface area contributed by atoms with Gasteiger partial charge in [0.2, 0.25) is 0 Å². The third-order valence-corrected chi connectivity index (χ3v) is 6.17. The summed E-state index contributed by atoms with van der Waals surface area (Å²) >= 11 is 7.13. The second-order valence-corrected chi connectivity index (χ2v) is 8.79. The normalized spacial score (nSPS) is 23.6. The van der Waals surface area contributed by atoms with Gasteiger partial charge in [-0.05, 0) is 47.7 Å². The molecule has 1 fully saturated rings. The number of fused-ring (bicyclic) bond motifs is 1. The van der Waals surface area contributed by atoms with Crippen LogP contribution in [0, 0.1) is 0 Å². The van der Waals surface area contributed by atoms with E-state index in [0.717, 1.165) is 48.1 Å². The summed E-state index contributed by atoms with van der Waals surface area (Å²) < 4.78 is 14.2. The summed E-state index contributed by atoms with van der Waals surface area (Å²) in [6, 6.07) is 15.5. The van der Waals surface area contributed by atoms with Gasteiger partial charge in [-0.2, -0.15) is 0 Å². The fourth-order valence-corrected chi connectivity index (χ4v) is 5.45. The van der Waals surface area contributed by atoms with Gasteiger partial charge < -0.3 is 9.47 Å². The fraction of sp³-hybridized carbons (Fsp3) is 0.429. The third kappa shape index (κ3) is 4.23. The minimum Gasteiger partial charge on any atom is -0.379 e. The van der Waals surface area contributed by atoms with Crippen LogP contribution in [0.25, 0.3) is 0 Å². The number of hydrogen-bond donors (Lipinski definition) is 0. The van der Waals surface area contributed by atoms with Crippen LogP contribution < -0.4 is 0 Å². The molecule has 2 aliphatic rings. The average Bonchev–Trinajstić information content (AvgIpc) is 2.66. The molecule has 138 valence electrons. The predicted octanol–water partition coefficient (Wildman–Crippen LogP) is 5.12. The predicted molar refractivity (Wildman–Crippen MR) is 110 cm³/mol. The third-order valence-electron chi connectivity index (χ3n) is 5.25. The first-order valence-corrected chi connectivity index (χ1v) is 10.8. The lowest BCUT2D eigenvalue weighted by atomic mass is 9.84. The van der Waals surface area contributed by atoms with E-state index >= 15 is 0 Å². The smallest absolute Gasteiger partial charge is 0.0779 e. The highest BCUT2D eigenvalue weighted by atomic mass is 79.9. The quantitative estimate of drug-likeness (QED) is 0.606. The Balaban J connectivity index is 1.55. The Morgan fingerprint density at radius 3 is 2.54 bits per heavy atom. The highest BCUT2D eigenvalue weighted by molar-refractivity contribution is 9.11. The molecule has 0 radical (unpaired) electrons. The first kappa shape index (κ1) is 18.6. The minimum atomic E-state index is 0.209. The first-order chi connectivity index (χ1) is 12.7. The van der Waals surface area contributed by atoms with Crippen molar-refractivity contribution < 1.29 is 9.47 Å². The van der Waals surface area contributed by atoms with Crippen LogP contribution >= 0.6 is 31.9 Å². The van der Waals surface area contributed by atoms with E-state index in [0.29, 0.717) is 12.6 Å². The van der Waals surface area contributed by atoms with Crippen LogP contribution in [0.4, 0.5) is 0 Å². The second-order valence-electron chi connectivity index (χ2n) is 6.96. The number of hydrogen-bond acceptors (Lipinski definition) is 3. The van der Waals surface area contributed by atoms with E-state index in [1.165, 1.54) is 16.7 Å². The molecule has 0 saturated carbocycles. The Morgan fingerprint density at radius 1 is 1.04 bits per heavy atom. The number of halogens is 2. The first-order valence-electron chi connectivity index (χ1n) is 9.17. The molecule has 2 aromatic carbocycles. The van der Waals surface area contributed by atoms with Crippen LogP contribution in [0.3, 0.4) is 0 Å². The van der Waals surface area contributed by atoms with E-state index in [2.05, 4.69) is 79.2 Å². The van der Waals surface area contributed by atoms with E-state index < -0.39 is 0 Å². The highest BCUT2D eigenvalue weighted by Gasteiger charge is 2.35. The van der Waals surface area contributed by atoms with Crippen LogP contribution in [-0.4, -0.2) is 37.3 Å². The zero-order chi connectivity index (χ0) is 17.9. The summed E-state index contributed by atoms with van der Waals surface area (Å²) in [6.07, 6.45) is 2.36. The van der Waals surface area contributed by atoms with Gasteiger partial charge >= 0.3 is 0 Å². The van der Waals surface area contributed by atoms with Crippen LogP contribution in [0.5, 0.6) is 0 Å². The minimum absolute atomic E-state index is 0.209. The molecule has 2 aromatic rings. The van der Waals surface area contributed by atoms with Crippen LogP contribution in [0.15, 0.2) is 51.4 Å². The van der Waals surface area contributed by atoms with Gasteiger partial charge in [-0.1, -0.05) is 56.1 Å². The fourth-order valence-electron chi connectivity index (χ4n) is 4.07. The van der Waals surface area contributed by atoms with Gasteiger partial charge in [0.15, 0.2) is 0 Å². The molecule has 1 saturated heterocycles. The van der Waals surface area contributed by atoms with Crippen LogP contribution in [0.1, 0.15) is 29.2 Å². The average molecular weight is 481 g/mol. The largest absolute Gasteiger partial charge is 0.379 e. The number of aryl methyl sites for hydroxylation is 1. The molecule has 5 heteroatoms. The van der Waals surface area contributed by atoms with Gasteiger partial charge in [-0.25, -0.2) is 0 Å². The van der Waals surface area contributed by atoms with Gasteiger partial charge in [-0.3, -0.25) is 4.90 Å². The molecule has 1 heterocycles. The zero-order valence-electron chi connectivity index (χ0n) is 14.7. The molecule has 0 amide bonds. The molecule has 2 atom stereocenters. The Morgan fingerprint density at radius 2 is 1.77 bits per heavy atom. The maximum absolute atomic E-state index is 6.48. The number of benzene rings is 2. The topological polar surface area (TPSA) is 21.7 Å². The van der Waals surface area contributed by atoms with Crippen LogP contribution in [-0.2, 0) is 22.5 Å². The molecular weight excluding hydrogens is 458 g/mol. The maximum atomic E-state index is 6.48. The van der Waals surface area contributed by atoms with Crippen molar-refractivity contribution in [1.82, 2.24) is 4.90 Å². The number of ether oxygens (including phenoxy) is 2. The second kappa shape index (κ2) is 8.53. The Hall–Kier alpha value is -0.720. The van der Waals surface area contributed by atoms with Gasteiger partial charge in [-0.15, -0.1) is 0 Å². The van der Waals surface area contributed by atoms with E-state index in [9.17, 15) is 0 Å². The van der Waals surface area contributed by atoms with Crippen molar-refractivity contribution in [1.29, 1.82) is 0 Å². The van der Waals surface area contributed by atoms with Gasteiger partial charge in [0.05, 0.1) is 32.0 Å². The summed E-state index contributed by atoms with van der Waals surface area (Å²) in [5, 5.41) is 0. The van der Waals surface area contributed by atoms with Gasteiger partial charge in [0.1, 0.15) is 0 Å². The van der Waals surface area contributed by atoms with Crippen molar-refractivity contribution >= 4 is 31.9 Å². The summed E-state index contributed by atoms with van der Waals surface area (Å²) in [7, 11) is 0. The molecule has 26 heavy (non-hydrogen) atoms. The Labute approximate surface area is 171 Å². The standard InChI is InChI=1S/C21H23Br2NO2/c22-17-11-15(12-18(23)13-17)14-26-20-6-5-16-3-1-2-4-19(16)21(20)24-7-9-25-10-8-24/h1-4,11-13,20-21H,5-10,14H2/t20-,21+/m0/s1. The van der Waals surface area contributed by atoms with E-state index in [1.54, 1.807) is 0 Å². The van der Waals surface area contributed by atoms with E-state index in [-0.39, 0.29) is 6.10 Å². The summed E-state index contributed by atoms with van der Waals surface area (Å²) in [5.74, 6) is 0. The van der Waals surface area contributed by atoms with E-state index in [1.807, 2.05) is 0 Å². The summed E-state index contributed by atoms with van der Waals surface area (Å²) in [6.45, 7) is 4.20. The van der Waals surface area contributed by atoms with Crippen molar-refractivity contribution in [2.75, 3.05) is 26.3 Å². The molecular formula is C21H23Br2NO2. The molecule has 4 rings (SSSR count). The van der Waals surface area contributed by atoms with Gasteiger partial charge in [0.25, 0.3) is 0 Å². The lowest BCUT2D eigenvalue weighted by Crippen LogP contribution is -2.46. The van der Waals surface area contributed by atoms with Crippen LogP contribution in [0.2, 0.25) is 0 Å². The lowest BCUT2D eigenvalue weighted by molar-refractivity contribution is -0.0637. The molecule has 0 spiro atoms. The van der Waals surface area contributed by atoms with Crippen molar-refractivity contribution in [2.24, 2.45) is 0 Å². The zero-order valence-corrected chi connectivity index (χ0v) is 17.8. The van der Waals surface area contributed by atoms with Crippen molar-refractivity contribution in [3.05, 3.63) is 68.1 Å². The molecule has 1 aliphatic heterocycles. The SMILES string of the molecule is Brc1cc(Br)cc(CO[C@H]2CCc3ccccc3[C@H]2N2CCOCC2)c1. The van der Waals surface area contributed by atoms with Crippen molar-refractivity contribution in [3.8, 4) is 0 Å². The van der Waals surface area contributed by atoms with Crippen molar-refractivity contribution in [2.45, 2.75) is 31.6 Å². The molecule has 0 unspecified atom stereocenters. The summed E-state index contributed by atoms with van der Waals surface area (Å²) in [5.41, 5.74) is 4.08. The van der Waals surface area contributed by atoms with Gasteiger partial charge in [0, 0.05) is 22.0 Å². The summed E-state index contributed by atoms with van der Waals surface area (Å²) in [4.78, 5) is 2.54. The molecule has 0 aromatic heterocycles. The molecule has 0 bridgehead atoms. The molecule has 3 nitrogen and oxygen atoms in total. The highest BCUT2D eigenvalue weighted by Crippen LogP contribution is 2.37. The van der Waals surface area contributed by atoms with E-state index in [4.69, 9.17) is 9.47 Å². The number of morpholine rings is 1.